The number of hydrogen-bond donors (Lipinski definition) is 2. The van der Waals surface area contributed by atoms with Crippen molar-refractivity contribution in [2.24, 2.45) is 0 Å². The van der Waals surface area contributed by atoms with Crippen molar-refractivity contribution in [1.29, 1.82) is 0 Å². The summed E-state index contributed by atoms with van der Waals surface area (Å²) in [5, 5.41) is 21.5. The van der Waals surface area contributed by atoms with Gasteiger partial charge in [-0.3, -0.25) is 9.59 Å². The van der Waals surface area contributed by atoms with Crippen LogP contribution >= 0.6 is 0 Å². The highest BCUT2D eigenvalue weighted by molar-refractivity contribution is 6.32. The number of carbonyl (C=O) groups excluding carboxylic acids is 3. The third-order valence-electron chi connectivity index (χ3n) is 5.14. The van der Waals surface area contributed by atoms with Crippen molar-refractivity contribution >= 4 is 28.3 Å². The van der Waals surface area contributed by atoms with Gasteiger partial charge in [0, 0.05) is 21.9 Å². The second kappa shape index (κ2) is 6.20. The van der Waals surface area contributed by atoms with Crippen LogP contribution in [0.4, 0.5) is 0 Å². The van der Waals surface area contributed by atoms with Crippen LogP contribution in [0.3, 0.4) is 0 Å². The van der Waals surface area contributed by atoms with Gasteiger partial charge >= 0.3 is 5.97 Å². The van der Waals surface area contributed by atoms with Crippen LogP contribution in [0.15, 0.2) is 36.4 Å². The number of benzene rings is 3. The van der Waals surface area contributed by atoms with Gasteiger partial charge in [0.05, 0.1) is 23.8 Å². The van der Waals surface area contributed by atoms with Crippen LogP contribution < -0.4 is 0 Å². The molecule has 0 heterocycles. The zero-order valence-corrected chi connectivity index (χ0v) is 15.2. The van der Waals surface area contributed by atoms with Gasteiger partial charge in [0.2, 0.25) is 5.78 Å². The third-order valence-corrected chi connectivity index (χ3v) is 5.14. The molecule has 0 spiro atoms. The summed E-state index contributed by atoms with van der Waals surface area (Å²) in [5.41, 5.74) is 0.697. The quantitative estimate of drug-likeness (QED) is 0.520. The van der Waals surface area contributed by atoms with E-state index >= 15 is 0 Å². The molecule has 3 aromatic rings. The van der Waals surface area contributed by atoms with Gasteiger partial charge in [0.15, 0.2) is 5.78 Å². The summed E-state index contributed by atoms with van der Waals surface area (Å²) in [6.45, 7) is 1.87. The Morgan fingerprint density at radius 3 is 2.39 bits per heavy atom. The Morgan fingerprint density at radius 1 is 0.964 bits per heavy atom. The molecule has 2 N–H and O–H groups in total. The number of aryl methyl sites for hydroxylation is 1. The van der Waals surface area contributed by atoms with Gasteiger partial charge in [-0.25, -0.2) is 4.79 Å². The first-order valence-electron chi connectivity index (χ1n) is 8.71. The van der Waals surface area contributed by atoms with Crippen LogP contribution in [0.1, 0.15) is 54.7 Å². The Bertz CT molecular complexity index is 1210. The second-order valence-corrected chi connectivity index (χ2v) is 6.55. The first kappa shape index (κ1) is 17.7. The Balaban J connectivity index is 2.13. The number of hydrogen-bond acceptors (Lipinski definition) is 6. The van der Waals surface area contributed by atoms with E-state index in [4.69, 9.17) is 4.74 Å². The number of aromatic hydroxyl groups is 2. The van der Waals surface area contributed by atoms with Crippen LogP contribution in [-0.4, -0.2) is 34.9 Å². The van der Waals surface area contributed by atoms with Crippen molar-refractivity contribution in [3.05, 3.63) is 69.8 Å². The van der Waals surface area contributed by atoms with Gasteiger partial charge in [-0.2, -0.15) is 0 Å². The fourth-order valence-electron chi connectivity index (χ4n) is 3.78. The van der Waals surface area contributed by atoms with E-state index in [1.807, 2.05) is 6.92 Å². The summed E-state index contributed by atoms with van der Waals surface area (Å²) in [6.07, 6.45) is 0.543. The van der Waals surface area contributed by atoms with Crippen LogP contribution in [0.25, 0.3) is 10.8 Å². The molecule has 6 heteroatoms. The van der Waals surface area contributed by atoms with Crippen LogP contribution in [0.5, 0.6) is 11.5 Å². The number of carbonyl (C=O) groups is 3. The highest BCUT2D eigenvalue weighted by atomic mass is 16.5. The number of phenolic OH excluding ortho intramolecular Hbond substituents is 2. The van der Waals surface area contributed by atoms with Crippen molar-refractivity contribution in [2.45, 2.75) is 13.3 Å². The molecule has 0 aromatic heterocycles. The number of rotatable bonds is 2. The third kappa shape index (κ3) is 2.24. The number of phenols is 2. The van der Waals surface area contributed by atoms with Gasteiger partial charge in [0.1, 0.15) is 11.5 Å². The number of ketones is 2. The van der Waals surface area contributed by atoms with E-state index in [-0.39, 0.29) is 39.0 Å². The molecule has 0 saturated heterocycles. The molecular formula is C22H16O6. The summed E-state index contributed by atoms with van der Waals surface area (Å²) in [7, 11) is 1.26. The van der Waals surface area contributed by atoms with E-state index in [1.165, 1.54) is 31.4 Å². The van der Waals surface area contributed by atoms with Crippen molar-refractivity contribution in [3.8, 4) is 11.5 Å². The zero-order chi connectivity index (χ0) is 20.2. The van der Waals surface area contributed by atoms with Gasteiger partial charge in [-0.05, 0) is 24.1 Å². The highest BCUT2D eigenvalue weighted by Crippen LogP contribution is 2.41. The summed E-state index contributed by atoms with van der Waals surface area (Å²) in [6, 6.07) is 8.97. The topological polar surface area (TPSA) is 101 Å². The molecule has 6 nitrogen and oxygen atoms in total. The highest BCUT2D eigenvalue weighted by Gasteiger charge is 2.35. The SMILES string of the molecule is CCc1ccc2c(O)c3c(cc2c1C(=O)OC)C(=O)c1cccc(O)c1C3=O. The maximum atomic E-state index is 13.0. The second-order valence-electron chi connectivity index (χ2n) is 6.55. The lowest BCUT2D eigenvalue weighted by atomic mass is 9.80. The lowest BCUT2D eigenvalue weighted by molar-refractivity contribution is 0.0601. The summed E-state index contributed by atoms with van der Waals surface area (Å²) < 4.78 is 4.89. The Labute approximate surface area is 160 Å². The molecular weight excluding hydrogens is 360 g/mol. The van der Waals surface area contributed by atoms with Crippen LogP contribution in [0, 0.1) is 0 Å². The molecule has 3 aromatic carbocycles. The van der Waals surface area contributed by atoms with E-state index < -0.39 is 23.3 Å². The van der Waals surface area contributed by atoms with Crippen molar-refractivity contribution in [2.75, 3.05) is 7.11 Å². The molecule has 0 aliphatic heterocycles. The summed E-state index contributed by atoms with van der Waals surface area (Å²) in [5.74, 6) is -2.45. The molecule has 0 unspecified atom stereocenters. The molecule has 0 amide bonds. The summed E-state index contributed by atoms with van der Waals surface area (Å²) >= 11 is 0. The Kier molecular flexibility index (Phi) is 3.92. The minimum absolute atomic E-state index is 0.00786. The lowest BCUT2D eigenvalue weighted by Gasteiger charge is -2.21. The number of methoxy groups -OCH3 is 1. The molecule has 0 bridgehead atoms. The normalized spacial score (nSPS) is 12.6. The molecule has 4 rings (SSSR count). The number of fused-ring (bicyclic) bond motifs is 3. The Morgan fingerprint density at radius 2 is 1.71 bits per heavy atom. The van der Waals surface area contributed by atoms with E-state index in [0.717, 1.165) is 0 Å². The van der Waals surface area contributed by atoms with Crippen molar-refractivity contribution in [1.82, 2.24) is 0 Å². The van der Waals surface area contributed by atoms with Gasteiger partial charge in [-0.1, -0.05) is 31.2 Å². The zero-order valence-electron chi connectivity index (χ0n) is 15.2. The van der Waals surface area contributed by atoms with Gasteiger partial charge in [-0.15, -0.1) is 0 Å². The smallest absolute Gasteiger partial charge is 0.338 e. The molecule has 1 aliphatic rings. The average molecular weight is 376 g/mol. The largest absolute Gasteiger partial charge is 0.507 e. The van der Waals surface area contributed by atoms with Crippen molar-refractivity contribution < 1.29 is 29.3 Å². The first-order chi connectivity index (χ1) is 13.4. The standard InChI is InChI=1S/C22H16O6/c1-3-10-7-8-11-13(16(10)22(27)28-2)9-14-18(20(11)25)21(26)17-12(19(14)24)5-4-6-15(17)23/h4-9,23,25H,3H2,1-2H3. The fourth-order valence-corrected chi connectivity index (χ4v) is 3.78. The van der Waals surface area contributed by atoms with E-state index in [2.05, 4.69) is 0 Å². The fraction of sp³-hybridized carbons (Fsp3) is 0.136. The maximum absolute atomic E-state index is 13.0. The van der Waals surface area contributed by atoms with Crippen LogP contribution in [0.2, 0.25) is 0 Å². The Hall–Kier alpha value is -3.67. The lowest BCUT2D eigenvalue weighted by Crippen LogP contribution is -2.21. The van der Waals surface area contributed by atoms with E-state index in [9.17, 15) is 24.6 Å². The van der Waals surface area contributed by atoms with Crippen molar-refractivity contribution in [3.63, 3.8) is 0 Å². The monoisotopic (exact) mass is 376 g/mol. The van der Waals surface area contributed by atoms with Gasteiger partial charge < -0.3 is 14.9 Å². The molecule has 28 heavy (non-hydrogen) atoms. The average Bonchev–Trinajstić information content (AvgIpc) is 2.70. The molecule has 0 atom stereocenters. The minimum atomic E-state index is -0.638. The predicted molar refractivity (Wildman–Crippen MR) is 101 cm³/mol. The summed E-state index contributed by atoms with van der Waals surface area (Å²) in [4.78, 5) is 38.4. The predicted octanol–water partition coefficient (Wildman–Crippen LogP) is 3.38. The minimum Gasteiger partial charge on any atom is -0.507 e. The first-order valence-corrected chi connectivity index (χ1v) is 8.71. The number of ether oxygens (including phenoxy) is 1. The van der Waals surface area contributed by atoms with Gasteiger partial charge in [0.25, 0.3) is 0 Å². The molecule has 0 radical (unpaired) electrons. The number of esters is 1. The van der Waals surface area contributed by atoms with E-state index in [1.54, 1.807) is 12.1 Å². The van der Waals surface area contributed by atoms with E-state index in [0.29, 0.717) is 17.4 Å². The maximum Gasteiger partial charge on any atom is 0.338 e. The molecule has 1 aliphatic carbocycles. The molecule has 0 fully saturated rings. The molecule has 140 valence electrons. The molecule has 0 saturated carbocycles. The van der Waals surface area contributed by atoms with Crippen LogP contribution in [-0.2, 0) is 11.2 Å².